The molecule has 0 spiro atoms. The number of hydrogen-bond donors (Lipinski definition) is 3. The number of amides is 2. The fourth-order valence-electron chi connectivity index (χ4n) is 2.67. The zero-order valence-corrected chi connectivity index (χ0v) is 12.4. The lowest BCUT2D eigenvalue weighted by Gasteiger charge is -2.32. The summed E-state index contributed by atoms with van der Waals surface area (Å²) in [6.45, 7) is 4.64. The average Bonchev–Trinajstić information content (AvgIpc) is 2.90. The van der Waals surface area contributed by atoms with Crippen LogP contribution in [-0.4, -0.2) is 23.1 Å². The van der Waals surface area contributed by atoms with Crippen LogP contribution in [0.3, 0.4) is 0 Å². The summed E-state index contributed by atoms with van der Waals surface area (Å²) >= 11 is 0. The van der Waals surface area contributed by atoms with Gasteiger partial charge in [-0.1, -0.05) is 13.8 Å². The van der Waals surface area contributed by atoms with E-state index in [9.17, 15) is 9.59 Å². The van der Waals surface area contributed by atoms with Gasteiger partial charge in [-0.15, -0.1) is 0 Å². The van der Waals surface area contributed by atoms with Crippen LogP contribution in [0.15, 0.2) is 16.5 Å². The van der Waals surface area contributed by atoms with Crippen molar-refractivity contribution in [3.8, 4) is 0 Å². The average molecular weight is 294 g/mol. The van der Waals surface area contributed by atoms with Crippen molar-refractivity contribution in [3.63, 3.8) is 0 Å². The molecule has 1 heterocycles. The van der Waals surface area contributed by atoms with Gasteiger partial charge in [-0.3, -0.25) is 0 Å². The molecule has 116 valence electrons. The van der Waals surface area contributed by atoms with E-state index in [0.29, 0.717) is 17.6 Å². The topological polar surface area (TPSA) is 91.6 Å². The van der Waals surface area contributed by atoms with Crippen LogP contribution in [0.1, 0.15) is 49.4 Å². The molecule has 3 atom stereocenters. The van der Waals surface area contributed by atoms with Gasteiger partial charge in [0.1, 0.15) is 5.76 Å². The molecule has 1 aliphatic carbocycles. The maximum Gasteiger partial charge on any atom is 0.371 e. The minimum Gasteiger partial charge on any atom is -0.475 e. The summed E-state index contributed by atoms with van der Waals surface area (Å²) in [6, 6.07) is 2.90. The molecule has 1 aromatic rings. The number of rotatable bonds is 4. The Balaban J connectivity index is 1.75. The molecule has 6 heteroatoms. The summed E-state index contributed by atoms with van der Waals surface area (Å²) in [5.74, 6) is 0.516. The lowest BCUT2D eigenvalue weighted by Crippen LogP contribution is -2.44. The van der Waals surface area contributed by atoms with E-state index in [0.717, 1.165) is 19.3 Å². The minimum absolute atomic E-state index is 0.123. The Hall–Kier alpha value is -1.98. The zero-order chi connectivity index (χ0) is 15.4. The highest BCUT2D eigenvalue weighted by atomic mass is 16.4. The first kappa shape index (κ1) is 15.4. The van der Waals surface area contributed by atoms with E-state index in [4.69, 9.17) is 9.52 Å². The van der Waals surface area contributed by atoms with E-state index >= 15 is 0 Å². The molecule has 3 unspecified atom stereocenters. The maximum atomic E-state index is 11.8. The van der Waals surface area contributed by atoms with Gasteiger partial charge in [0, 0.05) is 6.04 Å². The van der Waals surface area contributed by atoms with Crippen LogP contribution in [-0.2, 0) is 6.54 Å². The standard InChI is InChI=1S/C15H22N2O4/c1-9-3-4-11(7-10(9)2)17-15(20)16-8-12-5-6-13(21-12)14(18)19/h5-6,9-11H,3-4,7-8H2,1-2H3,(H,18,19)(H2,16,17,20). The van der Waals surface area contributed by atoms with Crippen LogP contribution in [0.25, 0.3) is 0 Å². The number of furan rings is 1. The Morgan fingerprint density at radius 3 is 2.67 bits per heavy atom. The van der Waals surface area contributed by atoms with Gasteiger partial charge in [0.25, 0.3) is 0 Å². The van der Waals surface area contributed by atoms with Crippen LogP contribution in [0.4, 0.5) is 4.79 Å². The van der Waals surface area contributed by atoms with Crippen molar-refractivity contribution in [1.82, 2.24) is 10.6 Å². The monoisotopic (exact) mass is 294 g/mol. The van der Waals surface area contributed by atoms with E-state index in [-0.39, 0.29) is 24.4 Å². The second-order valence-electron chi connectivity index (χ2n) is 5.86. The fourth-order valence-corrected chi connectivity index (χ4v) is 2.67. The van der Waals surface area contributed by atoms with Crippen LogP contribution >= 0.6 is 0 Å². The predicted octanol–water partition coefficient (Wildman–Crippen LogP) is 2.60. The van der Waals surface area contributed by atoms with Crippen molar-refractivity contribution in [2.75, 3.05) is 0 Å². The second-order valence-corrected chi connectivity index (χ2v) is 5.86. The molecule has 0 saturated heterocycles. The van der Waals surface area contributed by atoms with Crippen molar-refractivity contribution in [2.45, 2.75) is 45.7 Å². The van der Waals surface area contributed by atoms with Crippen molar-refractivity contribution < 1.29 is 19.1 Å². The number of carbonyl (C=O) groups is 2. The number of aromatic carboxylic acids is 1. The van der Waals surface area contributed by atoms with E-state index in [1.165, 1.54) is 6.07 Å². The highest BCUT2D eigenvalue weighted by Gasteiger charge is 2.25. The van der Waals surface area contributed by atoms with Gasteiger partial charge in [0.2, 0.25) is 5.76 Å². The Bertz CT molecular complexity index is 512. The van der Waals surface area contributed by atoms with E-state index in [1.807, 2.05) is 0 Å². The molecule has 2 amide bonds. The molecule has 2 rings (SSSR count). The molecule has 0 aromatic carbocycles. The Morgan fingerprint density at radius 2 is 2.05 bits per heavy atom. The largest absolute Gasteiger partial charge is 0.475 e. The number of hydrogen-bond acceptors (Lipinski definition) is 3. The second kappa shape index (κ2) is 6.65. The predicted molar refractivity (Wildman–Crippen MR) is 77.0 cm³/mol. The van der Waals surface area contributed by atoms with Crippen LogP contribution in [0.2, 0.25) is 0 Å². The molecule has 0 bridgehead atoms. The molecule has 1 aliphatic rings. The van der Waals surface area contributed by atoms with E-state index < -0.39 is 5.97 Å². The quantitative estimate of drug-likeness (QED) is 0.796. The molecule has 1 aromatic heterocycles. The molecular formula is C15H22N2O4. The maximum absolute atomic E-state index is 11.8. The summed E-state index contributed by atoms with van der Waals surface area (Å²) in [5.41, 5.74) is 0. The van der Waals surface area contributed by atoms with Crippen LogP contribution < -0.4 is 10.6 Å². The molecule has 0 aliphatic heterocycles. The van der Waals surface area contributed by atoms with E-state index in [1.54, 1.807) is 6.07 Å². The first-order valence-corrected chi connectivity index (χ1v) is 7.32. The summed E-state index contributed by atoms with van der Waals surface area (Å²) in [4.78, 5) is 22.5. The highest BCUT2D eigenvalue weighted by Crippen LogP contribution is 2.29. The Morgan fingerprint density at radius 1 is 1.29 bits per heavy atom. The molecule has 3 N–H and O–H groups in total. The summed E-state index contributed by atoms with van der Waals surface area (Å²) < 4.78 is 5.07. The molecule has 0 radical (unpaired) electrons. The van der Waals surface area contributed by atoms with Gasteiger partial charge in [-0.05, 0) is 43.2 Å². The molecule has 6 nitrogen and oxygen atoms in total. The zero-order valence-electron chi connectivity index (χ0n) is 12.4. The Labute approximate surface area is 123 Å². The van der Waals surface area contributed by atoms with Gasteiger partial charge in [-0.2, -0.15) is 0 Å². The smallest absolute Gasteiger partial charge is 0.371 e. The summed E-state index contributed by atoms with van der Waals surface area (Å²) in [7, 11) is 0. The first-order valence-electron chi connectivity index (χ1n) is 7.32. The lowest BCUT2D eigenvalue weighted by atomic mass is 9.79. The third kappa shape index (κ3) is 4.24. The van der Waals surface area contributed by atoms with Crippen molar-refractivity contribution in [2.24, 2.45) is 11.8 Å². The van der Waals surface area contributed by atoms with Crippen molar-refractivity contribution in [3.05, 3.63) is 23.7 Å². The Kier molecular flexibility index (Phi) is 4.88. The highest BCUT2D eigenvalue weighted by molar-refractivity contribution is 5.84. The van der Waals surface area contributed by atoms with Crippen molar-refractivity contribution in [1.29, 1.82) is 0 Å². The third-order valence-corrected chi connectivity index (χ3v) is 4.23. The fraction of sp³-hybridized carbons (Fsp3) is 0.600. The van der Waals surface area contributed by atoms with Gasteiger partial charge >= 0.3 is 12.0 Å². The summed E-state index contributed by atoms with van der Waals surface area (Å²) in [6.07, 6.45) is 3.13. The molecular weight excluding hydrogens is 272 g/mol. The van der Waals surface area contributed by atoms with Crippen LogP contribution in [0, 0.1) is 11.8 Å². The van der Waals surface area contributed by atoms with Gasteiger partial charge in [0.05, 0.1) is 6.54 Å². The van der Waals surface area contributed by atoms with Crippen LogP contribution in [0.5, 0.6) is 0 Å². The summed E-state index contributed by atoms with van der Waals surface area (Å²) in [5, 5.41) is 14.4. The number of nitrogens with one attached hydrogen (secondary N) is 2. The normalized spacial score (nSPS) is 25.3. The number of carboxylic acids is 1. The SMILES string of the molecule is CC1CCC(NC(=O)NCc2ccc(C(=O)O)o2)CC1C. The van der Waals surface area contributed by atoms with Gasteiger partial charge in [0.15, 0.2) is 0 Å². The number of carbonyl (C=O) groups excluding carboxylic acids is 1. The molecule has 1 fully saturated rings. The third-order valence-electron chi connectivity index (χ3n) is 4.23. The first-order chi connectivity index (χ1) is 9.95. The molecule has 21 heavy (non-hydrogen) atoms. The van der Waals surface area contributed by atoms with Gasteiger partial charge < -0.3 is 20.2 Å². The van der Waals surface area contributed by atoms with E-state index in [2.05, 4.69) is 24.5 Å². The minimum atomic E-state index is -1.11. The molecule has 1 saturated carbocycles. The van der Waals surface area contributed by atoms with Crippen molar-refractivity contribution >= 4 is 12.0 Å². The number of urea groups is 1. The van der Waals surface area contributed by atoms with Gasteiger partial charge in [-0.25, -0.2) is 9.59 Å². The number of carboxylic acid groups (broad SMARTS) is 1. The lowest BCUT2D eigenvalue weighted by molar-refractivity contribution is 0.0660.